The number of hydrazine groups is 1. The van der Waals surface area contributed by atoms with Crippen LogP contribution in [-0.2, 0) is 4.79 Å². The average molecular weight is 375 g/mol. The van der Waals surface area contributed by atoms with E-state index in [9.17, 15) is 4.79 Å². The first kappa shape index (κ1) is 17.4. The van der Waals surface area contributed by atoms with Crippen molar-refractivity contribution in [2.45, 2.75) is 31.8 Å². The van der Waals surface area contributed by atoms with E-state index >= 15 is 0 Å². The van der Waals surface area contributed by atoms with E-state index in [4.69, 9.17) is 4.98 Å². The molecule has 0 bridgehead atoms. The zero-order chi connectivity index (χ0) is 19.1. The first-order valence-corrected chi connectivity index (χ1v) is 10.0. The van der Waals surface area contributed by atoms with Crippen LogP contribution >= 0.6 is 0 Å². The SMILES string of the molecule is Cc1ccc2nc(C3CCCN3C(=O)C3CNNC3c3ccccc3)[nH]c2c1. The maximum Gasteiger partial charge on any atom is 0.229 e. The van der Waals surface area contributed by atoms with E-state index in [2.05, 4.69) is 47.0 Å². The Kier molecular flexibility index (Phi) is 4.37. The normalized spacial score (nSPS) is 24.9. The quantitative estimate of drug-likeness (QED) is 0.658. The third-order valence-corrected chi connectivity index (χ3v) is 5.97. The molecule has 0 radical (unpaired) electrons. The van der Waals surface area contributed by atoms with Gasteiger partial charge in [-0.25, -0.2) is 10.4 Å². The van der Waals surface area contributed by atoms with Crippen LogP contribution in [0, 0.1) is 12.8 Å². The summed E-state index contributed by atoms with van der Waals surface area (Å²) < 4.78 is 0. The third-order valence-electron chi connectivity index (χ3n) is 5.97. The fraction of sp³-hybridized carbons (Fsp3) is 0.364. The smallest absolute Gasteiger partial charge is 0.229 e. The summed E-state index contributed by atoms with van der Waals surface area (Å²) in [6.07, 6.45) is 1.96. The second kappa shape index (κ2) is 7.04. The lowest BCUT2D eigenvalue weighted by Crippen LogP contribution is -2.39. The van der Waals surface area contributed by atoms with Crippen molar-refractivity contribution in [1.29, 1.82) is 0 Å². The summed E-state index contributed by atoms with van der Waals surface area (Å²) in [5.41, 5.74) is 10.8. The number of amides is 1. The van der Waals surface area contributed by atoms with Gasteiger partial charge in [-0.15, -0.1) is 0 Å². The molecular weight excluding hydrogens is 350 g/mol. The van der Waals surface area contributed by atoms with Crippen LogP contribution in [0.2, 0.25) is 0 Å². The Morgan fingerprint density at radius 3 is 2.89 bits per heavy atom. The van der Waals surface area contributed by atoms with E-state index in [1.165, 1.54) is 5.56 Å². The number of imidazole rings is 1. The highest BCUT2D eigenvalue weighted by atomic mass is 16.2. The predicted octanol–water partition coefficient (Wildman–Crippen LogP) is 3.00. The van der Waals surface area contributed by atoms with Crippen molar-refractivity contribution in [3.05, 3.63) is 65.5 Å². The molecule has 0 aliphatic carbocycles. The van der Waals surface area contributed by atoms with Crippen LogP contribution in [0.5, 0.6) is 0 Å². The molecule has 2 aliphatic heterocycles. The fourth-order valence-corrected chi connectivity index (χ4v) is 4.53. The molecule has 3 unspecified atom stereocenters. The lowest BCUT2D eigenvalue weighted by Gasteiger charge is -2.28. The predicted molar refractivity (Wildman–Crippen MR) is 108 cm³/mol. The number of aromatic nitrogens is 2. The topological polar surface area (TPSA) is 73.1 Å². The number of benzene rings is 2. The van der Waals surface area contributed by atoms with Crippen molar-refractivity contribution in [3.8, 4) is 0 Å². The maximum atomic E-state index is 13.5. The molecule has 1 amide bonds. The second-order valence-corrected chi connectivity index (χ2v) is 7.85. The number of carbonyl (C=O) groups excluding carboxylic acids is 1. The summed E-state index contributed by atoms with van der Waals surface area (Å²) in [4.78, 5) is 23.8. The van der Waals surface area contributed by atoms with Gasteiger partial charge in [0.15, 0.2) is 0 Å². The van der Waals surface area contributed by atoms with Gasteiger partial charge in [0.05, 0.1) is 29.0 Å². The van der Waals surface area contributed by atoms with Crippen LogP contribution in [-0.4, -0.2) is 33.9 Å². The number of nitrogens with zero attached hydrogens (tertiary/aromatic N) is 2. The van der Waals surface area contributed by atoms with E-state index in [1.54, 1.807) is 0 Å². The summed E-state index contributed by atoms with van der Waals surface area (Å²) >= 11 is 0. The number of aryl methyl sites for hydroxylation is 1. The minimum Gasteiger partial charge on any atom is -0.340 e. The van der Waals surface area contributed by atoms with Gasteiger partial charge in [-0.2, -0.15) is 0 Å². The Labute approximate surface area is 164 Å². The maximum absolute atomic E-state index is 13.5. The molecule has 144 valence electrons. The minimum absolute atomic E-state index is 0.00623. The van der Waals surface area contributed by atoms with Crippen molar-refractivity contribution in [3.63, 3.8) is 0 Å². The molecule has 3 heterocycles. The Hall–Kier alpha value is -2.70. The van der Waals surface area contributed by atoms with E-state index in [1.807, 2.05) is 29.2 Å². The van der Waals surface area contributed by atoms with Gasteiger partial charge in [0.2, 0.25) is 5.91 Å². The van der Waals surface area contributed by atoms with Gasteiger partial charge in [-0.3, -0.25) is 10.2 Å². The molecule has 6 heteroatoms. The Morgan fingerprint density at radius 1 is 1.18 bits per heavy atom. The van der Waals surface area contributed by atoms with Gasteiger partial charge in [-0.1, -0.05) is 36.4 Å². The number of carbonyl (C=O) groups is 1. The molecule has 3 aromatic rings. The molecule has 3 N–H and O–H groups in total. The number of H-pyrrole nitrogens is 1. The van der Waals surface area contributed by atoms with Crippen LogP contribution in [0.1, 0.15) is 41.9 Å². The second-order valence-electron chi connectivity index (χ2n) is 7.85. The summed E-state index contributed by atoms with van der Waals surface area (Å²) in [5.74, 6) is 0.988. The molecular formula is C22H25N5O. The van der Waals surface area contributed by atoms with Gasteiger partial charge < -0.3 is 9.88 Å². The molecule has 0 saturated carbocycles. The van der Waals surface area contributed by atoms with Gasteiger partial charge in [0.25, 0.3) is 0 Å². The molecule has 2 aliphatic rings. The van der Waals surface area contributed by atoms with Crippen molar-refractivity contribution in [2.75, 3.05) is 13.1 Å². The Bertz CT molecular complexity index is 999. The van der Waals surface area contributed by atoms with Crippen LogP contribution in [0.4, 0.5) is 0 Å². The van der Waals surface area contributed by atoms with E-state index in [0.717, 1.165) is 41.8 Å². The molecule has 6 nitrogen and oxygen atoms in total. The number of hydrogen-bond acceptors (Lipinski definition) is 4. The number of nitrogens with one attached hydrogen (secondary N) is 3. The third kappa shape index (κ3) is 2.99. The average Bonchev–Trinajstić information content (AvgIpc) is 3.45. The van der Waals surface area contributed by atoms with E-state index < -0.39 is 0 Å². The summed E-state index contributed by atoms with van der Waals surface area (Å²) in [7, 11) is 0. The Balaban J connectivity index is 1.42. The standard InChI is InChI=1S/C22H25N5O/c1-14-9-10-17-18(12-14)25-21(24-17)19-8-5-11-27(19)22(28)16-13-23-26-20(16)15-6-3-2-4-7-15/h2-4,6-7,9-10,12,16,19-20,23,26H,5,8,11,13H2,1H3,(H,24,25). The monoisotopic (exact) mass is 375 g/mol. The molecule has 28 heavy (non-hydrogen) atoms. The lowest BCUT2D eigenvalue weighted by molar-refractivity contribution is -0.136. The largest absolute Gasteiger partial charge is 0.340 e. The lowest BCUT2D eigenvalue weighted by atomic mass is 9.93. The van der Waals surface area contributed by atoms with Crippen molar-refractivity contribution in [2.24, 2.45) is 5.92 Å². The number of aromatic amines is 1. The molecule has 2 aromatic carbocycles. The van der Waals surface area contributed by atoms with Crippen LogP contribution in [0.25, 0.3) is 11.0 Å². The number of likely N-dealkylation sites (tertiary alicyclic amines) is 1. The van der Waals surface area contributed by atoms with Crippen LogP contribution in [0.15, 0.2) is 48.5 Å². The molecule has 2 fully saturated rings. The molecule has 2 saturated heterocycles. The van der Waals surface area contributed by atoms with Crippen molar-refractivity contribution in [1.82, 2.24) is 25.7 Å². The highest BCUT2D eigenvalue weighted by Gasteiger charge is 2.41. The minimum atomic E-state index is -0.116. The van der Waals surface area contributed by atoms with Crippen molar-refractivity contribution >= 4 is 16.9 Å². The summed E-state index contributed by atoms with van der Waals surface area (Å²) in [5, 5.41) is 0. The molecule has 5 rings (SSSR count). The number of rotatable bonds is 3. The zero-order valence-corrected chi connectivity index (χ0v) is 16.0. The Morgan fingerprint density at radius 2 is 2.04 bits per heavy atom. The van der Waals surface area contributed by atoms with Gasteiger partial charge in [0, 0.05) is 13.1 Å². The summed E-state index contributed by atoms with van der Waals surface area (Å²) in [6, 6.07) is 16.4. The number of fused-ring (bicyclic) bond motifs is 1. The summed E-state index contributed by atoms with van der Waals surface area (Å²) in [6.45, 7) is 3.51. The molecule has 3 atom stereocenters. The fourth-order valence-electron chi connectivity index (χ4n) is 4.53. The van der Waals surface area contributed by atoms with E-state index in [0.29, 0.717) is 6.54 Å². The van der Waals surface area contributed by atoms with Crippen LogP contribution in [0.3, 0.4) is 0 Å². The first-order valence-electron chi connectivity index (χ1n) is 10.0. The van der Waals surface area contributed by atoms with Crippen LogP contribution < -0.4 is 10.9 Å². The first-order chi connectivity index (χ1) is 13.7. The zero-order valence-electron chi connectivity index (χ0n) is 16.0. The van der Waals surface area contributed by atoms with Gasteiger partial charge in [-0.05, 0) is 43.0 Å². The van der Waals surface area contributed by atoms with Crippen molar-refractivity contribution < 1.29 is 4.79 Å². The van der Waals surface area contributed by atoms with E-state index in [-0.39, 0.29) is 23.9 Å². The molecule has 1 aromatic heterocycles. The number of hydrogen-bond donors (Lipinski definition) is 3. The highest BCUT2D eigenvalue weighted by molar-refractivity contribution is 5.81. The van der Waals surface area contributed by atoms with Gasteiger partial charge >= 0.3 is 0 Å². The highest BCUT2D eigenvalue weighted by Crippen LogP contribution is 2.35. The van der Waals surface area contributed by atoms with Gasteiger partial charge in [0.1, 0.15) is 5.82 Å². The molecule has 0 spiro atoms.